The number of hydrogen-bond donors (Lipinski definition) is 2. The van der Waals surface area contributed by atoms with Crippen LogP contribution in [-0.4, -0.2) is 30.2 Å². The van der Waals surface area contributed by atoms with Gasteiger partial charge in [0.15, 0.2) is 0 Å². The van der Waals surface area contributed by atoms with Gasteiger partial charge >= 0.3 is 0 Å². The van der Waals surface area contributed by atoms with Gasteiger partial charge in [-0.2, -0.15) is 0 Å². The Kier molecular flexibility index (Phi) is 7.46. The maximum atomic E-state index is 9.01. The Hall–Kier alpha value is -1.40. The summed E-state index contributed by atoms with van der Waals surface area (Å²) in [4.78, 5) is 0. The molecule has 2 aromatic carbocycles. The largest absolute Gasteiger partial charge is 0.490 e. The summed E-state index contributed by atoms with van der Waals surface area (Å²) in [6.45, 7) is 11.0. The third-order valence-electron chi connectivity index (χ3n) is 5.04. The molecule has 0 heterocycles. The Morgan fingerprint density at radius 2 is 1.48 bits per heavy atom. The highest BCUT2D eigenvalue weighted by atomic mass is 79.9. The standard InChI is InChI=1S/C22H29BrO4/c1-14-8-17(9-15(2)19(14)12-26-13-25)22(4,5)18-10-16(3)21(20(23)11-18)27-7-6-24/h8-11,24-25H,6-7,12-13H2,1-5H3. The van der Waals surface area contributed by atoms with Crippen molar-refractivity contribution in [1.29, 1.82) is 0 Å². The Balaban J connectivity index is 2.43. The predicted molar refractivity (Wildman–Crippen MR) is 111 cm³/mol. The van der Waals surface area contributed by atoms with E-state index in [0.717, 1.165) is 32.5 Å². The molecule has 0 aromatic heterocycles. The van der Waals surface area contributed by atoms with Crippen molar-refractivity contribution in [2.75, 3.05) is 20.0 Å². The summed E-state index contributed by atoms with van der Waals surface area (Å²) >= 11 is 3.62. The van der Waals surface area contributed by atoms with E-state index in [2.05, 4.69) is 67.9 Å². The van der Waals surface area contributed by atoms with Gasteiger partial charge in [-0.25, -0.2) is 0 Å². The molecule has 0 saturated carbocycles. The number of aliphatic hydroxyl groups excluding tert-OH is 2. The van der Waals surface area contributed by atoms with Crippen LogP contribution in [0.5, 0.6) is 5.75 Å². The molecule has 148 valence electrons. The molecule has 0 aliphatic heterocycles. The molecule has 27 heavy (non-hydrogen) atoms. The van der Waals surface area contributed by atoms with E-state index in [1.807, 2.05) is 6.92 Å². The Morgan fingerprint density at radius 1 is 0.926 bits per heavy atom. The van der Waals surface area contributed by atoms with E-state index in [1.54, 1.807) is 0 Å². The molecule has 5 heteroatoms. The molecule has 0 saturated heterocycles. The third-order valence-corrected chi connectivity index (χ3v) is 5.63. The molecule has 0 spiro atoms. The van der Waals surface area contributed by atoms with Crippen molar-refractivity contribution in [3.63, 3.8) is 0 Å². The molecular formula is C22H29BrO4. The summed E-state index contributed by atoms with van der Waals surface area (Å²) < 4.78 is 11.7. The second kappa shape index (κ2) is 9.20. The second-order valence-corrected chi connectivity index (χ2v) is 8.22. The van der Waals surface area contributed by atoms with Crippen LogP contribution in [0.1, 0.15) is 47.2 Å². The van der Waals surface area contributed by atoms with Crippen LogP contribution < -0.4 is 4.74 Å². The molecule has 0 aliphatic rings. The predicted octanol–water partition coefficient (Wildman–Crippen LogP) is 4.54. The number of ether oxygens (including phenoxy) is 2. The van der Waals surface area contributed by atoms with Crippen molar-refractivity contribution in [2.24, 2.45) is 0 Å². The average molecular weight is 437 g/mol. The van der Waals surface area contributed by atoms with Crippen molar-refractivity contribution in [2.45, 2.75) is 46.6 Å². The van der Waals surface area contributed by atoms with Crippen molar-refractivity contribution in [3.05, 3.63) is 62.1 Å². The maximum absolute atomic E-state index is 9.01. The monoisotopic (exact) mass is 436 g/mol. The fourth-order valence-electron chi connectivity index (χ4n) is 3.32. The molecule has 4 nitrogen and oxygen atoms in total. The van der Waals surface area contributed by atoms with Gasteiger partial charge in [0.1, 0.15) is 19.1 Å². The van der Waals surface area contributed by atoms with Gasteiger partial charge in [-0.15, -0.1) is 0 Å². The highest BCUT2D eigenvalue weighted by Crippen LogP contribution is 2.39. The first-order valence-corrected chi connectivity index (χ1v) is 9.85. The minimum absolute atomic E-state index is 0.00990. The quantitative estimate of drug-likeness (QED) is 0.596. The van der Waals surface area contributed by atoms with E-state index in [9.17, 15) is 0 Å². The molecule has 0 fully saturated rings. The van der Waals surface area contributed by atoms with Gasteiger partial charge in [0.05, 0.1) is 17.7 Å². The Bertz CT molecular complexity index is 687. The second-order valence-electron chi connectivity index (χ2n) is 7.37. The molecular weight excluding hydrogens is 408 g/mol. The molecule has 2 N–H and O–H groups in total. The molecule has 0 bridgehead atoms. The first kappa shape index (κ1) is 21.9. The van der Waals surface area contributed by atoms with Gasteiger partial charge in [0.2, 0.25) is 0 Å². The van der Waals surface area contributed by atoms with Gasteiger partial charge in [-0.05, 0) is 76.1 Å². The average Bonchev–Trinajstić information content (AvgIpc) is 2.60. The first-order valence-electron chi connectivity index (χ1n) is 9.05. The highest BCUT2D eigenvalue weighted by Gasteiger charge is 2.26. The number of aliphatic hydroxyl groups is 2. The number of rotatable bonds is 8. The van der Waals surface area contributed by atoms with E-state index in [-0.39, 0.29) is 25.4 Å². The van der Waals surface area contributed by atoms with Gasteiger partial charge < -0.3 is 19.7 Å². The van der Waals surface area contributed by atoms with Gasteiger partial charge in [0, 0.05) is 5.41 Å². The van der Waals surface area contributed by atoms with E-state index in [1.165, 1.54) is 11.1 Å². The normalized spacial score (nSPS) is 11.7. The molecule has 2 aromatic rings. The molecule has 0 aliphatic carbocycles. The number of benzene rings is 2. The minimum atomic E-state index is -0.274. The number of halogens is 1. The van der Waals surface area contributed by atoms with Crippen LogP contribution in [0.4, 0.5) is 0 Å². The molecule has 0 atom stereocenters. The summed E-state index contributed by atoms with van der Waals surface area (Å²) in [6.07, 6.45) is 0. The zero-order valence-electron chi connectivity index (χ0n) is 16.7. The summed E-state index contributed by atoms with van der Waals surface area (Å²) in [5, 5.41) is 17.9. The maximum Gasteiger partial charge on any atom is 0.144 e. The summed E-state index contributed by atoms with van der Waals surface area (Å²) in [6, 6.07) is 8.63. The van der Waals surface area contributed by atoms with Gasteiger partial charge in [-0.1, -0.05) is 32.0 Å². The lowest BCUT2D eigenvalue weighted by molar-refractivity contribution is -0.0115. The van der Waals surface area contributed by atoms with Crippen LogP contribution in [-0.2, 0) is 16.8 Å². The summed E-state index contributed by atoms with van der Waals surface area (Å²) in [5.41, 5.74) is 6.67. The zero-order chi connectivity index (χ0) is 20.2. The lowest BCUT2D eigenvalue weighted by Crippen LogP contribution is -2.20. The van der Waals surface area contributed by atoms with Crippen molar-refractivity contribution in [1.82, 2.24) is 0 Å². The van der Waals surface area contributed by atoms with Gasteiger partial charge in [-0.3, -0.25) is 0 Å². The van der Waals surface area contributed by atoms with Crippen LogP contribution in [0.25, 0.3) is 0 Å². The minimum Gasteiger partial charge on any atom is -0.490 e. The Labute approximate surface area is 170 Å². The van der Waals surface area contributed by atoms with Crippen LogP contribution in [0, 0.1) is 20.8 Å². The fraction of sp³-hybridized carbons (Fsp3) is 0.455. The Morgan fingerprint density at radius 3 is 2.00 bits per heavy atom. The van der Waals surface area contributed by atoms with Crippen LogP contribution in [0.15, 0.2) is 28.7 Å². The number of hydrogen-bond acceptors (Lipinski definition) is 4. The fourth-order valence-corrected chi connectivity index (χ4v) is 3.99. The van der Waals surface area contributed by atoms with Crippen LogP contribution in [0.3, 0.4) is 0 Å². The van der Waals surface area contributed by atoms with Gasteiger partial charge in [0.25, 0.3) is 0 Å². The topological polar surface area (TPSA) is 58.9 Å². The molecule has 0 amide bonds. The number of aryl methyl sites for hydroxylation is 3. The molecule has 0 unspecified atom stereocenters. The molecule has 2 rings (SSSR count). The van der Waals surface area contributed by atoms with E-state index in [0.29, 0.717) is 6.61 Å². The van der Waals surface area contributed by atoms with E-state index in [4.69, 9.17) is 19.7 Å². The van der Waals surface area contributed by atoms with E-state index >= 15 is 0 Å². The van der Waals surface area contributed by atoms with Crippen LogP contribution >= 0.6 is 15.9 Å². The summed E-state index contributed by atoms with van der Waals surface area (Å²) in [5.74, 6) is 0.771. The smallest absolute Gasteiger partial charge is 0.144 e. The lowest BCUT2D eigenvalue weighted by atomic mass is 9.76. The van der Waals surface area contributed by atoms with Crippen molar-refractivity contribution < 1.29 is 19.7 Å². The van der Waals surface area contributed by atoms with Crippen molar-refractivity contribution in [3.8, 4) is 5.75 Å². The van der Waals surface area contributed by atoms with E-state index < -0.39 is 0 Å². The SMILES string of the molecule is Cc1cc(C(C)(C)c2cc(C)c(OCCO)c(Br)c2)cc(C)c1COCO. The highest BCUT2D eigenvalue weighted by molar-refractivity contribution is 9.10. The first-order chi connectivity index (χ1) is 12.7. The van der Waals surface area contributed by atoms with Crippen molar-refractivity contribution >= 4 is 15.9 Å². The van der Waals surface area contributed by atoms with Crippen LogP contribution in [0.2, 0.25) is 0 Å². The summed E-state index contributed by atoms with van der Waals surface area (Å²) in [7, 11) is 0. The zero-order valence-corrected chi connectivity index (χ0v) is 18.3. The third kappa shape index (κ3) is 4.91. The molecule has 0 radical (unpaired) electrons. The lowest BCUT2D eigenvalue weighted by Gasteiger charge is -2.29.